The van der Waals surface area contributed by atoms with Crippen molar-refractivity contribution >= 4 is 17.3 Å². The van der Waals surface area contributed by atoms with Gasteiger partial charge in [-0.3, -0.25) is 4.99 Å². The summed E-state index contributed by atoms with van der Waals surface area (Å²) in [5, 5.41) is 7.57. The molecular weight excluding hydrogens is 373 g/mol. The number of thiazole rings is 1. The molecular formula is C19H23F3N4S. The van der Waals surface area contributed by atoms with Crippen molar-refractivity contribution in [1.82, 2.24) is 15.6 Å². The molecule has 1 aliphatic carbocycles. The molecule has 1 aromatic heterocycles. The number of guanidine groups is 1. The Hall–Kier alpha value is -2.09. The maximum absolute atomic E-state index is 13.0. The van der Waals surface area contributed by atoms with Crippen LogP contribution in [0.2, 0.25) is 0 Å². The Morgan fingerprint density at radius 2 is 2.07 bits per heavy atom. The molecule has 3 rings (SSSR count). The summed E-state index contributed by atoms with van der Waals surface area (Å²) < 4.78 is 38.9. The van der Waals surface area contributed by atoms with Crippen molar-refractivity contribution in [1.29, 1.82) is 0 Å². The average molecular weight is 396 g/mol. The van der Waals surface area contributed by atoms with E-state index in [4.69, 9.17) is 0 Å². The number of benzene rings is 1. The van der Waals surface area contributed by atoms with E-state index in [1.165, 1.54) is 17.0 Å². The zero-order valence-electron chi connectivity index (χ0n) is 15.4. The topological polar surface area (TPSA) is 49.3 Å². The van der Waals surface area contributed by atoms with Gasteiger partial charge in [0.15, 0.2) is 5.96 Å². The molecule has 146 valence electrons. The Morgan fingerprint density at radius 3 is 2.67 bits per heavy atom. The lowest BCUT2D eigenvalue weighted by Gasteiger charge is -2.20. The van der Waals surface area contributed by atoms with E-state index < -0.39 is 11.7 Å². The van der Waals surface area contributed by atoms with Gasteiger partial charge in [0.1, 0.15) is 0 Å². The smallest absolute Gasteiger partial charge is 0.356 e. The second-order valence-corrected chi connectivity index (χ2v) is 8.15. The van der Waals surface area contributed by atoms with Crippen molar-refractivity contribution in [3.63, 3.8) is 0 Å². The van der Waals surface area contributed by atoms with Crippen LogP contribution in [-0.4, -0.2) is 31.1 Å². The minimum absolute atomic E-state index is 0.245. The number of nitrogens with one attached hydrogen (secondary N) is 2. The number of rotatable bonds is 6. The molecule has 0 spiro atoms. The van der Waals surface area contributed by atoms with Crippen LogP contribution in [0.4, 0.5) is 13.2 Å². The van der Waals surface area contributed by atoms with Gasteiger partial charge >= 0.3 is 6.18 Å². The van der Waals surface area contributed by atoms with Gasteiger partial charge in [0.2, 0.25) is 0 Å². The van der Waals surface area contributed by atoms with Crippen molar-refractivity contribution < 1.29 is 13.2 Å². The lowest BCUT2D eigenvalue weighted by molar-refractivity contribution is -0.137. The predicted molar refractivity (Wildman–Crippen MR) is 102 cm³/mol. The molecule has 0 atom stereocenters. The fraction of sp³-hybridized carbons (Fsp3) is 0.474. The van der Waals surface area contributed by atoms with Gasteiger partial charge in [-0.25, -0.2) is 4.98 Å². The minimum atomic E-state index is -4.31. The average Bonchev–Trinajstić information content (AvgIpc) is 3.32. The maximum atomic E-state index is 13.0. The third-order valence-electron chi connectivity index (χ3n) is 4.77. The minimum Gasteiger partial charge on any atom is -0.356 e. The van der Waals surface area contributed by atoms with Crippen molar-refractivity contribution in [3.05, 3.63) is 51.5 Å². The molecule has 1 heterocycles. The van der Waals surface area contributed by atoms with Crippen molar-refractivity contribution in [2.75, 3.05) is 20.1 Å². The monoisotopic (exact) mass is 396 g/mol. The Kier molecular flexibility index (Phi) is 5.74. The molecule has 0 bridgehead atoms. The highest BCUT2D eigenvalue weighted by Gasteiger charge is 2.45. The van der Waals surface area contributed by atoms with Crippen LogP contribution in [0.25, 0.3) is 0 Å². The van der Waals surface area contributed by atoms with Crippen LogP contribution >= 0.6 is 11.3 Å². The highest BCUT2D eigenvalue weighted by atomic mass is 32.1. The Morgan fingerprint density at radius 1 is 1.30 bits per heavy atom. The van der Waals surface area contributed by atoms with Crippen LogP contribution < -0.4 is 10.6 Å². The number of hydrogen-bond donors (Lipinski definition) is 2. The van der Waals surface area contributed by atoms with Crippen LogP contribution in [0.1, 0.15) is 33.9 Å². The van der Waals surface area contributed by atoms with Gasteiger partial charge in [0.25, 0.3) is 0 Å². The third kappa shape index (κ3) is 5.00. The molecule has 0 aliphatic heterocycles. The molecule has 1 aromatic carbocycles. The van der Waals surface area contributed by atoms with E-state index in [9.17, 15) is 13.2 Å². The first-order valence-corrected chi connectivity index (χ1v) is 9.68. The molecule has 1 aliphatic rings. The van der Waals surface area contributed by atoms with E-state index in [0.29, 0.717) is 19.0 Å². The number of halogens is 3. The van der Waals surface area contributed by atoms with Crippen LogP contribution in [0, 0.1) is 6.92 Å². The van der Waals surface area contributed by atoms with Gasteiger partial charge in [-0.2, -0.15) is 13.2 Å². The molecule has 2 aromatic rings. The number of aryl methyl sites for hydroxylation is 1. The molecule has 0 radical (unpaired) electrons. The van der Waals surface area contributed by atoms with Crippen molar-refractivity contribution in [3.8, 4) is 0 Å². The summed E-state index contributed by atoms with van der Waals surface area (Å²) in [6, 6.07) is 5.66. The zero-order valence-corrected chi connectivity index (χ0v) is 16.2. The normalized spacial score (nSPS) is 16.3. The molecule has 27 heavy (non-hydrogen) atoms. The number of alkyl halides is 3. The van der Waals surface area contributed by atoms with E-state index in [0.717, 1.165) is 35.9 Å². The largest absolute Gasteiger partial charge is 0.416 e. The fourth-order valence-corrected chi connectivity index (χ4v) is 3.81. The molecule has 1 fully saturated rings. The quantitative estimate of drug-likeness (QED) is 0.575. The molecule has 1 saturated carbocycles. The van der Waals surface area contributed by atoms with Gasteiger partial charge in [0.05, 0.1) is 10.6 Å². The zero-order chi connectivity index (χ0) is 19.5. The molecule has 0 saturated heterocycles. The molecule has 4 nitrogen and oxygen atoms in total. The summed E-state index contributed by atoms with van der Waals surface area (Å²) >= 11 is 1.67. The van der Waals surface area contributed by atoms with Crippen molar-refractivity contribution in [2.45, 2.75) is 37.8 Å². The Balaban J connectivity index is 1.55. The van der Waals surface area contributed by atoms with Crippen molar-refractivity contribution in [2.24, 2.45) is 4.99 Å². The van der Waals surface area contributed by atoms with E-state index in [1.54, 1.807) is 24.5 Å². The second kappa shape index (κ2) is 7.88. The highest BCUT2D eigenvalue weighted by molar-refractivity contribution is 7.11. The molecule has 2 N–H and O–H groups in total. The van der Waals surface area contributed by atoms with Gasteiger partial charge < -0.3 is 10.6 Å². The van der Waals surface area contributed by atoms with E-state index in [1.807, 2.05) is 13.1 Å². The second-order valence-electron chi connectivity index (χ2n) is 6.83. The standard InChI is InChI=1S/C19H23F3N4S/c1-13-11-25-16(27-13)6-9-24-17(23-2)26-12-18(7-8-18)14-4-3-5-15(10-14)19(20,21)22/h3-5,10-11H,6-9,12H2,1-2H3,(H2,23,24,26). The highest BCUT2D eigenvalue weighted by Crippen LogP contribution is 2.48. The summed E-state index contributed by atoms with van der Waals surface area (Å²) in [7, 11) is 1.69. The number of aliphatic imine (C=N–C) groups is 1. The van der Waals surface area contributed by atoms with Crippen LogP contribution in [0.15, 0.2) is 35.5 Å². The SMILES string of the molecule is CN=C(NCCc1ncc(C)s1)NCC1(c2cccc(C(F)(F)F)c2)CC1. The van der Waals surface area contributed by atoms with Crippen LogP contribution in [0.5, 0.6) is 0 Å². The number of aromatic nitrogens is 1. The summed E-state index contributed by atoms with van der Waals surface area (Å²) in [5.41, 5.74) is -0.100. The Bertz CT molecular complexity index is 809. The number of hydrogen-bond acceptors (Lipinski definition) is 3. The predicted octanol–water partition coefficient (Wildman–Crippen LogP) is 3.91. The van der Waals surface area contributed by atoms with Gasteiger partial charge in [-0.15, -0.1) is 11.3 Å². The lowest BCUT2D eigenvalue weighted by atomic mass is 9.94. The molecule has 8 heteroatoms. The molecule has 0 unspecified atom stereocenters. The fourth-order valence-electron chi connectivity index (χ4n) is 3.02. The summed E-state index contributed by atoms with van der Waals surface area (Å²) in [6.07, 6.45) is 0.0929. The first-order chi connectivity index (χ1) is 12.8. The maximum Gasteiger partial charge on any atom is 0.416 e. The molecule has 0 amide bonds. The first kappa shape index (κ1) is 19.7. The van der Waals surface area contributed by atoms with E-state index in [2.05, 4.69) is 20.6 Å². The lowest BCUT2D eigenvalue weighted by Crippen LogP contribution is -2.42. The third-order valence-corrected chi connectivity index (χ3v) is 5.75. The van der Waals surface area contributed by atoms with Gasteiger partial charge in [-0.05, 0) is 31.4 Å². The first-order valence-electron chi connectivity index (χ1n) is 8.86. The van der Waals surface area contributed by atoms with Gasteiger partial charge in [-0.1, -0.05) is 18.2 Å². The van der Waals surface area contributed by atoms with E-state index >= 15 is 0 Å². The van der Waals surface area contributed by atoms with Crippen LogP contribution in [0.3, 0.4) is 0 Å². The van der Waals surface area contributed by atoms with Crippen LogP contribution in [-0.2, 0) is 18.0 Å². The summed E-state index contributed by atoms with van der Waals surface area (Å²) in [5.74, 6) is 0.654. The van der Waals surface area contributed by atoms with Gasteiger partial charge in [0, 0.05) is 43.0 Å². The van der Waals surface area contributed by atoms with E-state index in [-0.39, 0.29) is 5.41 Å². The summed E-state index contributed by atoms with van der Waals surface area (Å²) in [6.45, 7) is 3.28. The Labute approximate surface area is 160 Å². The number of nitrogens with zero attached hydrogens (tertiary/aromatic N) is 2. The summed E-state index contributed by atoms with van der Waals surface area (Å²) in [4.78, 5) is 9.72.